The van der Waals surface area contributed by atoms with Gasteiger partial charge in [0.1, 0.15) is 0 Å². The molecule has 1 unspecified atom stereocenters. The van der Waals surface area contributed by atoms with Crippen molar-refractivity contribution in [2.45, 2.75) is 71.3 Å². The molecule has 0 rings (SSSR count). The molecule has 112 valence electrons. The third-order valence-electron chi connectivity index (χ3n) is 3.12. The SMILES string of the molecule is CCCCCCCCCCNC(C)C(=O)NC(N)=O. The van der Waals surface area contributed by atoms with Crippen LogP contribution in [0.15, 0.2) is 0 Å². The summed E-state index contributed by atoms with van der Waals surface area (Å²) in [5, 5.41) is 5.14. The van der Waals surface area contributed by atoms with Crippen molar-refractivity contribution in [1.29, 1.82) is 0 Å². The molecule has 0 heterocycles. The highest BCUT2D eigenvalue weighted by atomic mass is 16.2. The maximum absolute atomic E-state index is 11.3. The Hall–Kier alpha value is -1.10. The maximum Gasteiger partial charge on any atom is 0.318 e. The summed E-state index contributed by atoms with van der Waals surface area (Å²) in [7, 11) is 0. The van der Waals surface area contributed by atoms with Gasteiger partial charge in [-0.15, -0.1) is 0 Å². The van der Waals surface area contributed by atoms with Crippen LogP contribution in [0.2, 0.25) is 0 Å². The van der Waals surface area contributed by atoms with Crippen molar-refractivity contribution in [3.63, 3.8) is 0 Å². The smallest absolute Gasteiger partial charge is 0.318 e. The van der Waals surface area contributed by atoms with Crippen molar-refractivity contribution in [2.75, 3.05) is 6.54 Å². The van der Waals surface area contributed by atoms with Crippen LogP contribution in [0.1, 0.15) is 65.2 Å². The Balaban J connectivity index is 3.34. The molecule has 4 N–H and O–H groups in total. The van der Waals surface area contributed by atoms with E-state index >= 15 is 0 Å². The molecule has 0 aliphatic heterocycles. The molecule has 0 bridgehead atoms. The molecule has 0 fully saturated rings. The molecule has 0 aliphatic carbocycles. The molecule has 0 aromatic rings. The van der Waals surface area contributed by atoms with Crippen LogP contribution < -0.4 is 16.4 Å². The molecule has 0 spiro atoms. The van der Waals surface area contributed by atoms with Gasteiger partial charge >= 0.3 is 6.03 Å². The van der Waals surface area contributed by atoms with Crippen LogP contribution >= 0.6 is 0 Å². The number of imide groups is 1. The average Bonchev–Trinajstić information content (AvgIpc) is 2.35. The van der Waals surface area contributed by atoms with E-state index in [4.69, 9.17) is 5.73 Å². The molecule has 0 aromatic carbocycles. The highest BCUT2D eigenvalue weighted by molar-refractivity contribution is 5.96. The number of nitrogens with two attached hydrogens (primary N) is 1. The number of nitrogens with one attached hydrogen (secondary N) is 2. The van der Waals surface area contributed by atoms with Crippen molar-refractivity contribution < 1.29 is 9.59 Å². The number of hydrogen-bond acceptors (Lipinski definition) is 3. The number of amides is 3. The summed E-state index contributed by atoms with van der Waals surface area (Å²) < 4.78 is 0. The fourth-order valence-corrected chi connectivity index (χ4v) is 1.90. The Morgan fingerprint density at radius 1 is 1.00 bits per heavy atom. The molecular formula is C14H29N3O2. The van der Waals surface area contributed by atoms with Gasteiger partial charge in [0.2, 0.25) is 5.91 Å². The summed E-state index contributed by atoms with van der Waals surface area (Å²) in [4.78, 5) is 21.8. The maximum atomic E-state index is 11.3. The van der Waals surface area contributed by atoms with Crippen LogP contribution in [-0.2, 0) is 4.79 Å². The van der Waals surface area contributed by atoms with Gasteiger partial charge in [0.15, 0.2) is 0 Å². The summed E-state index contributed by atoms with van der Waals surface area (Å²) >= 11 is 0. The quantitative estimate of drug-likeness (QED) is 0.504. The molecule has 0 saturated heterocycles. The van der Waals surface area contributed by atoms with Crippen molar-refractivity contribution in [3.05, 3.63) is 0 Å². The summed E-state index contributed by atoms with van der Waals surface area (Å²) in [5.74, 6) is -0.368. The molecule has 1 atom stereocenters. The first-order chi connectivity index (χ1) is 9.07. The predicted molar refractivity (Wildman–Crippen MR) is 77.8 cm³/mol. The van der Waals surface area contributed by atoms with Crippen LogP contribution in [0.25, 0.3) is 0 Å². The molecular weight excluding hydrogens is 242 g/mol. The summed E-state index contributed by atoms with van der Waals surface area (Å²) in [5.41, 5.74) is 4.88. The van der Waals surface area contributed by atoms with Gasteiger partial charge in [-0.05, 0) is 19.9 Å². The second-order valence-corrected chi connectivity index (χ2v) is 5.00. The third kappa shape index (κ3) is 11.7. The Morgan fingerprint density at radius 3 is 2.05 bits per heavy atom. The molecule has 5 heteroatoms. The molecule has 0 aliphatic rings. The molecule has 0 radical (unpaired) electrons. The van der Waals surface area contributed by atoms with Crippen molar-refractivity contribution in [1.82, 2.24) is 10.6 Å². The van der Waals surface area contributed by atoms with E-state index in [0.717, 1.165) is 13.0 Å². The van der Waals surface area contributed by atoms with Crippen LogP contribution in [0, 0.1) is 0 Å². The number of unbranched alkanes of at least 4 members (excludes halogenated alkanes) is 7. The Morgan fingerprint density at radius 2 is 1.53 bits per heavy atom. The molecule has 5 nitrogen and oxygen atoms in total. The van der Waals surface area contributed by atoms with E-state index in [9.17, 15) is 9.59 Å². The molecule has 3 amide bonds. The minimum Gasteiger partial charge on any atom is -0.351 e. The predicted octanol–water partition coefficient (Wildman–Crippen LogP) is 2.30. The van der Waals surface area contributed by atoms with E-state index < -0.39 is 6.03 Å². The van der Waals surface area contributed by atoms with Gasteiger partial charge in [-0.1, -0.05) is 51.9 Å². The molecule has 0 aromatic heterocycles. The van der Waals surface area contributed by atoms with Gasteiger partial charge < -0.3 is 11.1 Å². The zero-order valence-corrected chi connectivity index (χ0v) is 12.3. The second kappa shape index (κ2) is 12.0. The standard InChI is InChI=1S/C14H29N3O2/c1-3-4-5-6-7-8-9-10-11-16-12(2)13(18)17-14(15)19/h12,16H,3-11H2,1-2H3,(H3,15,17,18,19). The number of primary amides is 1. The lowest BCUT2D eigenvalue weighted by Crippen LogP contribution is -2.46. The van der Waals surface area contributed by atoms with Crippen LogP contribution in [0.5, 0.6) is 0 Å². The lowest BCUT2D eigenvalue weighted by atomic mass is 10.1. The summed E-state index contributed by atoms with van der Waals surface area (Å²) in [6, 6.07) is -1.18. The van der Waals surface area contributed by atoms with Crippen molar-refractivity contribution in [3.8, 4) is 0 Å². The van der Waals surface area contributed by atoms with E-state index in [1.807, 2.05) is 0 Å². The van der Waals surface area contributed by atoms with Crippen LogP contribution in [0.3, 0.4) is 0 Å². The lowest BCUT2D eigenvalue weighted by Gasteiger charge is -2.12. The zero-order valence-electron chi connectivity index (χ0n) is 12.3. The van der Waals surface area contributed by atoms with Gasteiger partial charge in [0.05, 0.1) is 6.04 Å². The van der Waals surface area contributed by atoms with E-state index in [-0.39, 0.29) is 11.9 Å². The van der Waals surface area contributed by atoms with Crippen molar-refractivity contribution >= 4 is 11.9 Å². The zero-order chi connectivity index (χ0) is 14.5. The van der Waals surface area contributed by atoms with Crippen LogP contribution in [-0.4, -0.2) is 24.5 Å². The average molecular weight is 271 g/mol. The molecule has 0 saturated carbocycles. The van der Waals surface area contributed by atoms with Gasteiger partial charge in [-0.25, -0.2) is 4.79 Å². The Labute approximate surface area is 116 Å². The first kappa shape index (κ1) is 17.9. The molecule has 19 heavy (non-hydrogen) atoms. The minimum absolute atomic E-state index is 0.368. The highest BCUT2D eigenvalue weighted by Crippen LogP contribution is 2.07. The fourth-order valence-electron chi connectivity index (χ4n) is 1.90. The van der Waals surface area contributed by atoms with Gasteiger partial charge in [0, 0.05) is 0 Å². The van der Waals surface area contributed by atoms with E-state index in [0.29, 0.717) is 0 Å². The van der Waals surface area contributed by atoms with E-state index in [1.54, 1.807) is 6.92 Å². The fraction of sp³-hybridized carbons (Fsp3) is 0.857. The van der Waals surface area contributed by atoms with Gasteiger partial charge in [-0.3, -0.25) is 10.1 Å². The normalized spacial score (nSPS) is 12.1. The first-order valence-electron chi connectivity index (χ1n) is 7.41. The van der Waals surface area contributed by atoms with Gasteiger partial charge in [-0.2, -0.15) is 0 Å². The Bertz CT molecular complexity index is 257. The number of urea groups is 1. The largest absolute Gasteiger partial charge is 0.351 e. The lowest BCUT2D eigenvalue weighted by molar-refractivity contribution is -0.121. The highest BCUT2D eigenvalue weighted by Gasteiger charge is 2.12. The summed E-state index contributed by atoms with van der Waals surface area (Å²) in [6.07, 6.45) is 10.1. The number of carbonyl (C=O) groups is 2. The minimum atomic E-state index is -0.800. The van der Waals surface area contributed by atoms with E-state index in [1.165, 1.54) is 44.9 Å². The number of rotatable bonds is 11. The first-order valence-corrected chi connectivity index (χ1v) is 7.41. The van der Waals surface area contributed by atoms with E-state index in [2.05, 4.69) is 17.6 Å². The van der Waals surface area contributed by atoms with Crippen molar-refractivity contribution in [2.24, 2.45) is 5.73 Å². The number of hydrogen-bond donors (Lipinski definition) is 3. The summed E-state index contributed by atoms with van der Waals surface area (Å²) in [6.45, 7) is 4.74. The van der Waals surface area contributed by atoms with Gasteiger partial charge in [0.25, 0.3) is 0 Å². The Kier molecular flexibility index (Phi) is 11.3. The number of carbonyl (C=O) groups excluding carboxylic acids is 2. The third-order valence-corrected chi connectivity index (χ3v) is 3.12. The monoisotopic (exact) mass is 271 g/mol. The second-order valence-electron chi connectivity index (χ2n) is 5.00. The topological polar surface area (TPSA) is 84.2 Å². The van der Waals surface area contributed by atoms with Crippen LogP contribution in [0.4, 0.5) is 4.79 Å².